The lowest BCUT2D eigenvalue weighted by atomic mass is 9.97. The Kier molecular flexibility index (Phi) is 11.1. The summed E-state index contributed by atoms with van der Waals surface area (Å²) in [5.74, 6) is -0.511. The minimum Gasteiger partial charge on any atom is -0.494 e. The van der Waals surface area contributed by atoms with Crippen LogP contribution in [-0.2, 0) is 11.2 Å². The standard InChI is InChI=1S/C39H36N2O5/c42-37(30-15-6-2-7-16-30)33-19-10-11-20-34(33)41-35(39(44)45)27-28-21-23-32(24-22-28)46-26-12-25-40-36(29-13-4-1-5-14-29)38(43)31-17-8-3-9-18-31/h1-11,13-24,35-36,40-41H,12,25-27H2,(H,44,45). The number of carbonyl (C=O) groups is 3. The molecule has 5 aromatic carbocycles. The van der Waals surface area contributed by atoms with Crippen LogP contribution in [0.25, 0.3) is 0 Å². The third kappa shape index (κ3) is 8.55. The first-order valence-corrected chi connectivity index (χ1v) is 15.3. The average molecular weight is 613 g/mol. The zero-order chi connectivity index (χ0) is 32.1. The molecule has 7 heteroatoms. The maximum absolute atomic E-state index is 13.2. The predicted molar refractivity (Wildman–Crippen MR) is 180 cm³/mol. The highest BCUT2D eigenvalue weighted by atomic mass is 16.5. The molecule has 5 rings (SSSR count). The second kappa shape index (κ2) is 16.0. The number of anilines is 1. The minimum atomic E-state index is -1.02. The van der Waals surface area contributed by atoms with Gasteiger partial charge in [0.05, 0.1) is 12.6 Å². The first-order valence-electron chi connectivity index (χ1n) is 15.3. The molecule has 3 N–H and O–H groups in total. The quantitative estimate of drug-likeness (QED) is 0.0814. The average Bonchev–Trinajstić information content (AvgIpc) is 3.11. The van der Waals surface area contributed by atoms with Crippen molar-refractivity contribution >= 4 is 23.2 Å². The fourth-order valence-electron chi connectivity index (χ4n) is 5.18. The second-order valence-electron chi connectivity index (χ2n) is 10.9. The van der Waals surface area contributed by atoms with Gasteiger partial charge in [0, 0.05) is 28.8 Å². The summed E-state index contributed by atoms with van der Waals surface area (Å²) in [6, 6.07) is 40.7. The first kappa shape index (κ1) is 31.9. The van der Waals surface area contributed by atoms with E-state index in [0.717, 1.165) is 11.1 Å². The van der Waals surface area contributed by atoms with Crippen LogP contribution in [0.4, 0.5) is 5.69 Å². The first-order chi connectivity index (χ1) is 22.5. The van der Waals surface area contributed by atoms with Crippen molar-refractivity contribution in [2.45, 2.75) is 24.9 Å². The molecule has 46 heavy (non-hydrogen) atoms. The maximum atomic E-state index is 13.2. The molecule has 0 aliphatic rings. The van der Waals surface area contributed by atoms with E-state index in [-0.39, 0.29) is 18.0 Å². The molecule has 7 nitrogen and oxygen atoms in total. The number of ether oxygens (including phenoxy) is 1. The molecular formula is C39H36N2O5. The monoisotopic (exact) mass is 612 g/mol. The number of carboxylic acid groups (broad SMARTS) is 1. The highest BCUT2D eigenvalue weighted by Gasteiger charge is 2.22. The van der Waals surface area contributed by atoms with Gasteiger partial charge in [0.2, 0.25) is 0 Å². The molecule has 2 atom stereocenters. The van der Waals surface area contributed by atoms with E-state index in [4.69, 9.17) is 4.74 Å². The SMILES string of the molecule is O=C(c1ccccc1)c1ccccc1NC(Cc1ccc(OCCCNC(C(=O)c2ccccc2)c2ccccc2)cc1)C(=O)O. The van der Waals surface area contributed by atoms with Crippen molar-refractivity contribution in [3.8, 4) is 5.75 Å². The summed E-state index contributed by atoms with van der Waals surface area (Å²) in [5.41, 5.74) is 3.80. The lowest BCUT2D eigenvalue weighted by Gasteiger charge is -2.19. The maximum Gasteiger partial charge on any atom is 0.326 e. The van der Waals surface area contributed by atoms with Crippen molar-refractivity contribution in [3.05, 3.63) is 167 Å². The molecule has 0 aliphatic heterocycles. The van der Waals surface area contributed by atoms with E-state index in [9.17, 15) is 19.5 Å². The number of aliphatic carboxylic acids is 1. The lowest BCUT2D eigenvalue weighted by molar-refractivity contribution is -0.137. The Morgan fingerprint density at radius 2 is 1.26 bits per heavy atom. The molecule has 232 valence electrons. The van der Waals surface area contributed by atoms with E-state index in [1.165, 1.54) is 0 Å². The molecular weight excluding hydrogens is 576 g/mol. The van der Waals surface area contributed by atoms with Crippen LogP contribution < -0.4 is 15.4 Å². The molecule has 0 bridgehead atoms. The number of carbonyl (C=O) groups excluding carboxylic acids is 2. The zero-order valence-corrected chi connectivity index (χ0v) is 25.3. The summed E-state index contributed by atoms with van der Waals surface area (Å²) in [6.45, 7) is 1.02. The van der Waals surface area contributed by atoms with Crippen LogP contribution in [-0.4, -0.2) is 41.8 Å². The van der Waals surface area contributed by atoms with Crippen LogP contribution in [0.15, 0.2) is 140 Å². The number of benzene rings is 5. The third-order valence-electron chi connectivity index (χ3n) is 7.59. The van der Waals surface area contributed by atoms with Gasteiger partial charge in [-0.15, -0.1) is 0 Å². The predicted octanol–water partition coefficient (Wildman–Crippen LogP) is 7.01. The highest BCUT2D eigenvalue weighted by Crippen LogP contribution is 2.22. The molecule has 0 fully saturated rings. The van der Waals surface area contributed by atoms with Gasteiger partial charge in [0.15, 0.2) is 11.6 Å². The van der Waals surface area contributed by atoms with E-state index in [1.807, 2.05) is 91.0 Å². The molecule has 0 aromatic heterocycles. The van der Waals surface area contributed by atoms with E-state index in [0.29, 0.717) is 47.7 Å². The number of ketones is 2. The molecule has 2 unspecified atom stereocenters. The van der Waals surface area contributed by atoms with Crippen molar-refractivity contribution in [1.82, 2.24) is 5.32 Å². The Hall–Kier alpha value is -5.53. The van der Waals surface area contributed by atoms with Crippen LogP contribution in [0.2, 0.25) is 0 Å². The minimum absolute atomic E-state index is 0.0174. The number of para-hydroxylation sites is 1. The Labute approximate surface area is 268 Å². The van der Waals surface area contributed by atoms with Crippen molar-refractivity contribution in [3.63, 3.8) is 0 Å². The van der Waals surface area contributed by atoms with Crippen molar-refractivity contribution in [2.75, 3.05) is 18.5 Å². The number of Topliss-reactive ketones (excluding diaryl/α,β-unsaturated/α-hetero) is 1. The van der Waals surface area contributed by atoms with Gasteiger partial charge in [-0.05, 0) is 48.4 Å². The fraction of sp³-hybridized carbons (Fsp3) is 0.154. The van der Waals surface area contributed by atoms with Gasteiger partial charge in [-0.2, -0.15) is 0 Å². The number of rotatable bonds is 16. The number of hydrogen-bond acceptors (Lipinski definition) is 6. The molecule has 0 saturated carbocycles. The third-order valence-corrected chi connectivity index (χ3v) is 7.59. The Bertz CT molecular complexity index is 1730. The van der Waals surface area contributed by atoms with E-state index >= 15 is 0 Å². The Morgan fingerprint density at radius 3 is 1.91 bits per heavy atom. The van der Waals surface area contributed by atoms with Crippen LogP contribution in [0.1, 0.15) is 49.9 Å². The Balaban J connectivity index is 1.14. The summed E-state index contributed by atoms with van der Waals surface area (Å²) < 4.78 is 5.93. The fourth-order valence-corrected chi connectivity index (χ4v) is 5.18. The van der Waals surface area contributed by atoms with Gasteiger partial charge in [-0.25, -0.2) is 4.79 Å². The molecule has 0 aliphatic carbocycles. The van der Waals surface area contributed by atoms with Gasteiger partial charge < -0.3 is 20.5 Å². The lowest BCUT2D eigenvalue weighted by Crippen LogP contribution is -2.32. The van der Waals surface area contributed by atoms with E-state index in [1.54, 1.807) is 48.5 Å². The van der Waals surface area contributed by atoms with E-state index < -0.39 is 18.1 Å². The van der Waals surface area contributed by atoms with Gasteiger partial charge in [0.25, 0.3) is 0 Å². The van der Waals surface area contributed by atoms with Gasteiger partial charge >= 0.3 is 5.97 Å². The molecule has 0 spiro atoms. The molecule has 0 heterocycles. The molecule has 0 amide bonds. The number of nitrogens with one attached hydrogen (secondary N) is 2. The topological polar surface area (TPSA) is 105 Å². The molecule has 5 aromatic rings. The van der Waals surface area contributed by atoms with E-state index in [2.05, 4.69) is 10.6 Å². The Morgan fingerprint density at radius 1 is 0.674 bits per heavy atom. The smallest absolute Gasteiger partial charge is 0.326 e. The van der Waals surface area contributed by atoms with Crippen molar-refractivity contribution < 1.29 is 24.2 Å². The zero-order valence-electron chi connectivity index (χ0n) is 25.3. The number of carboxylic acids is 1. The molecule has 0 radical (unpaired) electrons. The second-order valence-corrected chi connectivity index (χ2v) is 10.9. The van der Waals surface area contributed by atoms with Crippen LogP contribution in [0.3, 0.4) is 0 Å². The van der Waals surface area contributed by atoms with Crippen molar-refractivity contribution in [1.29, 1.82) is 0 Å². The van der Waals surface area contributed by atoms with Gasteiger partial charge in [-0.1, -0.05) is 115 Å². The summed E-state index contributed by atoms with van der Waals surface area (Å²) in [7, 11) is 0. The normalized spacial score (nSPS) is 12.1. The summed E-state index contributed by atoms with van der Waals surface area (Å²) in [4.78, 5) is 38.5. The van der Waals surface area contributed by atoms with Crippen LogP contribution in [0, 0.1) is 0 Å². The summed E-state index contributed by atoms with van der Waals surface area (Å²) >= 11 is 0. The summed E-state index contributed by atoms with van der Waals surface area (Å²) in [6.07, 6.45) is 0.892. The molecule has 0 saturated heterocycles. The highest BCUT2D eigenvalue weighted by molar-refractivity contribution is 6.12. The van der Waals surface area contributed by atoms with Crippen LogP contribution >= 0.6 is 0 Å². The van der Waals surface area contributed by atoms with Gasteiger partial charge in [0.1, 0.15) is 11.8 Å². The van der Waals surface area contributed by atoms with Crippen LogP contribution in [0.5, 0.6) is 5.75 Å². The van der Waals surface area contributed by atoms with Gasteiger partial charge in [-0.3, -0.25) is 9.59 Å². The largest absolute Gasteiger partial charge is 0.494 e. The number of hydrogen-bond donors (Lipinski definition) is 3. The van der Waals surface area contributed by atoms with Crippen molar-refractivity contribution in [2.24, 2.45) is 0 Å². The summed E-state index contributed by atoms with van der Waals surface area (Å²) in [5, 5.41) is 16.4.